The molecule has 0 bridgehead atoms. The normalized spacial score (nSPS) is 15.1. The SMILES string of the molecule is N#Cc1cccnc1N1CCC(CNC(=O)c2ccc(C(F)(F)F)cc2)CC1. The molecule has 0 atom stereocenters. The number of halogens is 3. The van der Waals surface area contributed by atoms with Crippen LogP contribution in [0.5, 0.6) is 0 Å². The van der Waals surface area contributed by atoms with Crippen LogP contribution in [0.15, 0.2) is 42.6 Å². The Morgan fingerprint density at radius 1 is 1.21 bits per heavy atom. The highest BCUT2D eigenvalue weighted by Gasteiger charge is 2.30. The number of rotatable bonds is 4. The van der Waals surface area contributed by atoms with Gasteiger partial charge in [0, 0.05) is 31.4 Å². The van der Waals surface area contributed by atoms with Gasteiger partial charge in [0.05, 0.1) is 11.1 Å². The van der Waals surface area contributed by atoms with E-state index in [1.54, 1.807) is 18.3 Å². The highest BCUT2D eigenvalue weighted by Crippen LogP contribution is 2.29. The van der Waals surface area contributed by atoms with Crippen LogP contribution < -0.4 is 10.2 Å². The Kier molecular flexibility index (Phi) is 5.83. The summed E-state index contributed by atoms with van der Waals surface area (Å²) in [6.45, 7) is 1.92. The molecule has 1 amide bonds. The van der Waals surface area contributed by atoms with Crippen molar-refractivity contribution in [2.24, 2.45) is 5.92 Å². The minimum absolute atomic E-state index is 0.206. The highest BCUT2D eigenvalue weighted by atomic mass is 19.4. The number of piperidine rings is 1. The van der Waals surface area contributed by atoms with Gasteiger partial charge in [-0.05, 0) is 55.2 Å². The zero-order valence-corrected chi connectivity index (χ0v) is 15.0. The van der Waals surface area contributed by atoms with E-state index in [2.05, 4.69) is 21.3 Å². The van der Waals surface area contributed by atoms with Crippen molar-refractivity contribution in [2.45, 2.75) is 19.0 Å². The molecule has 28 heavy (non-hydrogen) atoms. The van der Waals surface area contributed by atoms with Gasteiger partial charge in [-0.3, -0.25) is 4.79 Å². The molecule has 0 aliphatic carbocycles. The Morgan fingerprint density at radius 2 is 1.89 bits per heavy atom. The molecule has 1 fully saturated rings. The molecule has 1 aliphatic rings. The summed E-state index contributed by atoms with van der Waals surface area (Å²) in [7, 11) is 0. The van der Waals surface area contributed by atoms with Crippen LogP contribution in [0.4, 0.5) is 19.0 Å². The molecule has 1 saturated heterocycles. The van der Waals surface area contributed by atoms with Crippen molar-refractivity contribution in [1.82, 2.24) is 10.3 Å². The Labute approximate surface area is 160 Å². The van der Waals surface area contributed by atoms with E-state index in [-0.39, 0.29) is 17.4 Å². The van der Waals surface area contributed by atoms with E-state index in [1.807, 2.05) is 0 Å². The Hall–Kier alpha value is -3.08. The average Bonchev–Trinajstić information content (AvgIpc) is 2.72. The molecule has 1 aromatic carbocycles. The zero-order chi connectivity index (χ0) is 20.1. The van der Waals surface area contributed by atoms with Crippen molar-refractivity contribution in [3.63, 3.8) is 0 Å². The number of aromatic nitrogens is 1. The number of amides is 1. The smallest absolute Gasteiger partial charge is 0.356 e. The van der Waals surface area contributed by atoms with Crippen LogP contribution in [-0.2, 0) is 6.18 Å². The lowest BCUT2D eigenvalue weighted by Gasteiger charge is -2.33. The maximum absolute atomic E-state index is 12.6. The largest absolute Gasteiger partial charge is 0.416 e. The number of hydrogen-bond donors (Lipinski definition) is 1. The van der Waals surface area contributed by atoms with Crippen LogP contribution in [0.2, 0.25) is 0 Å². The fourth-order valence-electron chi connectivity index (χ4n) is 3.23. The van der Waals surface area contributed by atoms with Crippen molar-refractivity contribution in [3.8, 4) is 6.07 Å². The van der Waals surface area contributed by atoms with Gasteiger partial charge in [-0.15, -0.1) is 0 Å². The van der Waals surface area contributed by atoms with Crippen molar-refractivity contribution in [2.75, 3.05) is 24.5 Å². The molecule has 5 nitrogen and oxygen atoms in total. The van der Waals surface area contributed by atoms with E-state index < -0.39 is 11.7 Å². The fraction of sp³-hybridized carbons (Fsp3) is 0.350. The summed E-state index contributed by atoms with van der Waals surface area (Å²) >= 11 is 0. The molecule has 0 spiro atoms. The van der Waals surface area contributed by atoms with Crippen LogP contribution in [-0.4, -0.2) is 30.5 Å². The Balaban J connectivity index is 1.50. The van der Waals surface area contributed by atoms with Crippen LogP contribution in [0.1, 0.15) is 34.3 Å². The standard InChI is InChI=1S/C20H19F3N4O/c21-20(22,23)17-5-3-15(4-6-17)19(28)26-13-14-7-10-27(11-8-14)18-16(12-24)2-1-9-25-18/h1-6,9,14H,7-8,10-11,13H2,(H,26,28). The summed E-state index contributed by atoms with van der Waals surface area (Å²) in [6, 6.07) is 9.80. The van der Waals surface area contributed by atoms with Gasteiger partial charge < -0.3 is 10.2 Å². The van der Waals surface area contributed by atoms with Crippen molar-refractivity contribution < 1.29 is 18.0 Å². The molecule has 0 radical (unpaired) electrons. The Morgan fingerprint density at radius 3 is 2.50 bits per heavy atom. The first-order chi connectivity index (χ1) is 13.4. The number of carbonyl (C=O) groups excluding carboxylic acids is 1. The number of nitrogens with one attached hydrogen (secondary N) is 1. The third-order valence-corrected chi connectivity index (χ3v) is 4.85. The predicted molar refractivity (Wildman–Crippen MR) is 97.7 cm³/mol. The van der Waals surface area contributed by atoms with Gasteiger partial charge in [-0.2, -0.15) is 18.4 Å². The van der Waals surface area contributed by atoms with Gasteiger partial charge >= 0.3 is 6.18 Å². The van der Waals surface area contributed by atoms with Crippen LogP contribution >= 0.6 is 0 Å². The van der Waals surface area contributed by atoms with Gasteiger partial charge in [0.1, 0.15) is 11.9 Å². The monoisotopic (exact) mass is 388 g/mol. The van der Waals surface area contributed by atoms with Gasteiger partial charge in [0.15, 0.2) is 0 Å². The molecule has 1 N–H and O–H groups in total. The molecule has 1 aliphatic heterocycles. The molecule has 8 heteroatoms. The van der Waals surface area contributed by atoms with E-state index in [1.165, 1.54) is 12.1 Å². The number of carbonyl (C=O) groups is 1. The third-order valence-electron chi connectivity index (χ3n) is 4.85. The van der Waals surface area contributed by atoms with E-state index in [9.17, 15) is 23.2 Å². The van der Waals surface area contributed by atoms with Crippen molar-refractivity contribution >= 4 is 11.7 Å². The van der Waals surface area contributed by atoms with Crippen LogP contribution in [0, 0.1) is 17.2 Å². The second-order valence-corrected chi connectivity index (χ2v) is 6.70. The number of nitriles is 1. The number of nitrogens with zero attached hydrogens (tertiary/aromatic N) is 3. The fourth-order valence-corrected chi connectivity index (χ4v) is 3.23. The molecule has 2 heterocycles. The predicted octanol–water partition coefficient (Wildman–Crippen LogP) is 3.62. The van der Waals surface area contributed by atoms with Crippen LogP contribution in [0.25, 0.3) is 0 Å². The first-order valence-electron chi connectivity index (χ1n) is 8.94. The minimum Gasteiger partial charge on any atom is -0.356 e. The second-order valence-electron chi connectivity index (χ2n) is 6.70. The van der Waals surface area contributed by atoms with E-state index in [4.69, 9.17) is 0 Å². The first-order valence-corrected chi connectivity index (χ1v) is 8.94. The molecular weight excluding hydrogens is 369 g/mol. The summed E-state index contributed by atoms with van der Waals surface area (Å²) in [6.07, 6.45) is -1.10. The maximum Gasteiger partial charge on any atom is 0.416 e. The zero-order valence-electron chi connectivity index (χ0n) is 15.0. The maximum atomic E-state index is 12.6. The lowest BCUT2D eigenvalue weighted by molar-refractivity contribution is -0.137. The quantitative estimate of drug-likeness (QED) is 0.869. The lowest BCUT2D eigenvalue weighted by atomic mass is 9.96. The van der Waals surface area contributed by atoms with Crippen molar-refractivity contribution in [3.05, 3.63) is 59.3 Å². The average molecular weight is 388 g/mol. The molecule has 3 rings (SSSR count). The molecule has 2 aromatic rings. The first kappa shape index (κ1) is 19.7. The molecule has 1 aromatic heterocycles. The number of pyridine rings is 1. The summed E-state index contributed by atoms with van der Waals surface area (Å²) < 4.78 is 37.8. The van der Waals surface area contributed by atoms with E-state index >= 15 is 0 Å². The molecule has 0 unspecified atom stereocenters. The minimum atomic E-state index is -4.41. The topological polar surface area (TPSA) is 69.0 Å². The van der Waals surface area contributed by atoms with Crippen LogP contribution in [0.3, 0.4) is 0 Å². The van der Waals surface area contributed by atoms with Crippen molar-refractivity contribution in [1.29, 1.82) is 5.26 Å². The van der Waals surface area contributed by atoms with E-state index in [0.717, 1.165) is 38.1 Å². The highest BCUT2D eigenvalue weighted by molar-refractivity contribution is 5.94. The number of benzene rings is 1. The summed E-state index contributed by atoms with van der Waals surface area (Å²) in [5.74, 6) is 0.564. The summed E-state index contributed by atoms with van der Waals surface area (Å²) in [4.78, 5) is 18.5. The Bertz CT molecular complexity index is 866. The van der Waals surface area contributed by atoms with Gasteiger partial charge in [0.2, 0.25) is 0 Å². The number of anilines is 1. The number of alkyl halides is 3. The van der Waals surface area contributed by atoms with E-state index in [0.29, 0.717) is 17.9 Å². The second kappa shape index (κ2) is 8.30. The molecule has 146 valence electrons. The summed E-state index contributed by atoms with van der Waals surface area (Å²) in [5.41, 5.74) is -0.0307. The molecule has 0 saturated carbocycles. The summed E-state index contributed by atoms with van der Waals surface area (Å²) in [5, 5.41) is 12.0. The van der Waals surface area contributed by atoms with Gasteiger partial charge in [-0.1, -0.05) is 0 Å². The van der Waals surface area contributed by atoms with Gasteiger partial charge in [0.25, 0.3) is 5.91 Å². The number of hydrogen-bond acceptors (Lipinski definition) is 4. The van der Waals surface area contributed by atoms with Gasteiger partial charge in [-0.25, -0.2) is 4.98 Å². The third kappa shape index (κ3) is 4.60. The lowest BCUT2D eigenvalue weighted by Crippen LogP contribution is -2.39. The molecular formula is C20H19F3N4O.